The number of allylic oxidation sites excluding steroid dienone is 1. The fourth-order valence-electron chi connectivity index (χ4n) is 2.52. The van der Waals surface area contributed by atoms with Crippen molar-refractivity contribution in [3.05, 3.63) is 70.9 Å². The molecule has 1 heterocycles. The van der Waals surface area contributed by atoms with Gasteiger partial charge < -0.3 is 21.4 Å². The quantitative estimate of drug-likeness (QED) is 0.525. The van der Waals surface area contributed by atoms with Gasteiger partial charge in [-0.1, -0.05) is 29.8 Å². The van der Waals surface area contributed by atoms with E-state index in [1.807, 2.05) is 43.5 Å². The van der Waals surface area contributed by atoms with Crippen molar-refractivity contribution in [3.8, 4) is 0 Å². The molecular formula is C20H22ClN5O. The molecule has 0 saturated heterocycles. The fourth-order valence-corrected chi connectivity index (χ4v) is 2.71. The van der Waals surface area contributed by atoms with Gasteiger partial charge in [0, 0.05) is 49.1 Å². The molecule has 7 heteroatoms. The normalized spacial score (nSPS) is 11.7. The second kappa shape index (κ2) is 10.1. The molecule has 6 nitrogen and oxygen atoms in total. The summed E-state index contributed by atoms with van der Waals surface area (Å²) in [6.45, 7) is 1.96. The zero-order chi connectivity index (χ0) is 19.6. The number of halogens is 1. The van der Waals surface area contributed by atoms with E-state index in [-0.39, 0.29) is 5.91 Å². The van der Waals surface area contributed by atoms with Gasteiger partial charge in [-0.15, -0.1) is 0 Å². The van der Waals surface area contributed by atoms with Crippen LogP contribution in [0.15, 0.2) is 54.7 Å². The Balaban J connectivity index is 2.53. The van der Waals surface area contributed by atoms with Crippen molar-refractivity contribution in [2.45, 2.75) is 6.92 Å². The van der Waals surface area contributed by atoms with Crippen LogP contribution in [0, 0.1) is 5.41 Å². The Hall–Kier alpha value is -3.12. The molecule has 1 aromatic heterocycles. The smallest absolute Gasteiger partial charge is 0.222 e. The SMILES string of the molecule is CN/C(=C(\NC/C=C\C=N)c1ccnc(NC(C)=O)c1)c1cccc(Cl)c1. The highest BCUT2D eigenvalue weighted by atomic mass is 35.5. The van der Waals surface area contributed by atoms with Crippen LogP contribution in [0.5, 0.6) is 0 Å². The number of nitrogens with zero attached hydrogens (tertiary/aromatic N) is 1. The summed E-state index contributed by atoms with van der Waals surface area (Å²) in [6.07, 6.45) is 6.36. The van der Waals surface area contributed by atoms with E-state index in [0.717, 1.165) is 22.5 Å². The molecule has 2 aromatic rings. The molecule has 1 aromatic carbocycles. The lowest BCUT2D eigenvalue weighted by Crippen LogP contribution is -2.19. The molecule has 0 aliphatic carbocycles. The molecule has 1 amide bonds. The van der Waals surface area contributed by atoms with E-state index in [4.69, 9.17) is 17.0 Å². The number of pyridine rings is 1. The lowest BCUT2D eigenvalue weighted by atomic mass is 10.1. The number of aromatic nitrogens is 1. The van der Waals surface area contributed by atoms with Crippen LogP contribution in [0.25, 0.3) is 11.4 Å². The number of nitrogens with one attached hydrogen (secondary N) is 4. The van der Waals surface area contributed by atoms with Gasteiger partial charge in [-0.3, -0.25) is 4.79 Å². The minimum absolute atomic E-state index is 0.185. The van der Waals surface area contributed by atoms with Gasteiger partial charge >= 0.3 is 0 Å². The molecule has 0 unspecified atom stereocenters. The first-order valence-electron chi connectivity index (χ1n) is 8.36. The van der Waals surface area contributed by atoms with Crippen LogP contribution >= 0.6 is 11.6 Å². The van der Waals surface area contributed by atoms with Gasteiger partial charge in [-0.2, -0.15) is 0 Å². The third-order valence-corrected chi connectivity index (χ3v) is 3.83. The van der Waals surface area contributed by atoms with Crippen LogP contribution < -0.4 is 16.0 Å². The predicted molar refractivity (Wildman–Crippen MR) is 112 cm³/mol. The van der Waals surface area contributed by atoms with Crippen molar-refractivity contribution >= 4 is 40.9 Å². The highest BCUT2D eigenvalue weighted by Gasteiger charge is 2.12. The van der Waals surface area contributed by atoms with Crippen molar-refractivity contribution < 1.29 is 4.79 Å². The maximum absolute atomic E-state index is 11.4. The zero-order valence-electron chi connectivity index (χ0n) is 15.2. The maximum Gasteiger partial charge on any atom is 0.222 e. The van der Waals surface area contributed by atoms with E-state index in [0.29, 0.717) is 17.4 Å². The predicted octanol–water partition coefficient (Wildman–Crippen LogP) is 3.53. The number of benzene rings is 1. The standard InChI is InChI=1S/C20H22ClN5O/c1-14(27)26-18-13-16(8-11-24-18)20(25-10-4-3-9-22)19(23-2)15-6-5-7-17(21)12-15/h3-9,11-13,22-23,25H,10H2,1-2H3,(H,24,26,27)/b4-3-,20-19-,22-9?. The first-order chi connectivity index (χ1) is 13.0. The number of rotatable bonds is 8. The van der Waals surface area contributed by atoms with Gasteiger partial charge in [-0.05, 0) is 30.3 Å². The zero-order valence-corrected chi connectivity index (χ0v) is 16.0. The van der Waals surface area contributed by atoms with Crippen molar-refractivity contribution in [1.29, 1.82) is 5.41 Å². The Bertz CT molecular complexity index is 876. The third kappa shape index (κ3) is 5.97. The Labute approximate surface area is 163 Å². The van der Waals surface area contributed by atoms with Gasteiger partial charge in [0.15, 0.2) is 0 Å². The van der Waals surface area contributed by atoms with E-state index in [9.17, 15) is 4.79 Å². The Morgan fingerprint density at radius 1 is 1.22 bits per heavy atom. The molecule has 27 heavy (non-hydrogen) atoms. The monoisotopic (exact) mass is 383 g/mol. The highest BCUT2D eigenvalue weighted by molar-refractivity contribution is 6.30. The summed E-state index contributed by atoms with van der Waals surface area (Å²) >= 11 is 6.16. The van der Waals surface area contributed by atoms with Crippen LogP contribution in [0.3, 0.4) is 0 Å². The fraction of sp³-hybridized carbons (Fsp3) is 0.150. The minimum atomic E-state index is -0.185. The number of carbonyl (C=O) groups excluding carboxylic acids is 1. The average molecular weight is 384 g/mol. The van der Waals surface area contributed by atoms with Gasteiger partial charge in [0.05, 0.1) is 11.4 Å². The molecule has 0 atom stereocenters. The van der Waals surface area contributed by atoms with Crippen molar-refractivity contribution in [2.24, 2.45) is 0 Å². The molecule has 0 bridgehead atoms. The Kier molecular flexibility index (Phi) is 7.58. The van der Waals surface area contributed by atoms with E-state index < -0.39 is 0 Å². The highest BCUT2D eigenvalue weighted by Crippen LogP contribution is 2.25. The molecule has 140 valence electrons. The molecule has 0 aliphatic rings. The van der Waals surface area contributed by atoms with Gasteiger partial charge in [0.25, 0.3) is 0 Å². The Morgan fingerprint density at radius 3 is 2.67 bits per heavy atom. The van der Waals surface area contributed by atoms with E-state index in [1.54, 1.807) is 18.3 Å². The summed E-state index contributed by atoms with van der Waals surface area (Å²) in [5.74, 6) is 0.284. The van der Waals surface area contributed by atoms with Crippen LogP contribution in [0.1, 0.15) is 18.1 Å². The van der Waals surface area contributed by atoms with Gasteiger partial charge in [0.1, 0.15) is 5.82 Å². The maximum atomic E-state index is 11.4. The first-order valence-corrected chi connectivity index (χ1v) is 8.74. The second-order valence-corrected chi connectivity index (χ2v) is 6.03. The number of anilines is 1. The van der Waals surface area contributed by atoms with Crippen LogP contribution in [0.4, 0.5) is 5.82 Å². The van der Waals surface area contributed by atoms with Crippen molar-refractivity contribution in [3.63, 3.8) is 0 Å². The van der Waals surface area contributed by atoms with Crippen LogP contribution in [0.2, 0.25) is 5.02 Å². The molecule has 0 spiro atoms. The third-order valence-electron chi connectivity index (χ3n) is 3.60. The summed E-state index contributed by atoms with van der Waals surface area (Å²) in [5, 5.41) is 17.0. The molecule has 0 radical (unpaired) electrons. The molecular weight excluding hydrogens is 362 g/mol. The van der Waals surface area contributed by atoms with E-state index in [1.165, 1.54) is 13.1 Å². The number of hydrogen-bond donors (Lipinski definition) is 4. The number of carbonyl (C=O) groups is 1. The van der Waals surface area contributed by atoms with Crippen molar-refractivity contribution in [1.82, 2.24) is 15.6 Å². The lowest BCUT2D eigenvalue weighted by Gasteiger charge is -2.18. The minimum Gasteiger partial charge on any atom is -0.386 e. The van der Waals surface area contributed by atoms with Crippen LogP contribution in [-0.4, -0.2) is 30.7 Å². The molecule has 2 rings (SSSR count). The molecule has 0 saturated carbocycles. The molecule has 0 fully saturated rings. The summed E-state index contributed by atoms with van der Waals surface area (Å²) in [6, 6.07) is 11.2. The largest absolute Gasteiger partial charge is 0.386 e. The van der Waals surface area contributed by atoms with Gasteiger partial charge in [0.2, 0.25) is 5.91 Å². The Morgan fingerprint density at radius 2 is 2.00 bits per heavy atom. The van der Waals surface area contributed by atoms with Crippen molar-refractivity contribution in [2.75, 3.05) is 18.9 Å². The molecule has 0 aliphatic heterocycles. The van der Waals surface area contributed by atoms with Gasteiger partial charge in [-0.25, -0.2) is 4.98 Å². The second-order valence-electron chi connectivity index (χ2n) is 5.60. The topological polar surface area (TPSA) is 89.9 Å². The lowest BCUT2D eigenvalue weighted by molar-refractivity contribution is -0.114. The summed E-state index contributed by atoms with van der Waals surface area (Å²) < 4.78 is 0. The molecule has 4 N–H and O–H groups in total. The summed E-state index contributed by atoms with van der Waals surface area (Å²) in [5.41, 5.74) is 3.44. The number of amides is 1. The summed E-state index contributed by atoms with van der Waals surface area (Å²) in [7, 11) is 1.83. The number of hydrogen-bond acceptors (Lipinski definition) is 5. The average Bonchev–Trinajstić information content (AvgIpc) is 2.64. The van der Waals surface area contributed by atoms with E-state index >= 15 is 0 Å². The summed E-state index contributed by atoms with van der Waals surface area (Å²) in [4.78, 5) is 15.5. The van der Waals surface area contributed by atoms with Crippen LogP contribution in [-0.2, 0) is 4.79 Å². The first kappa shape index (κ1) is 20.2. The van der Waals surface area contributed by atoms with E-state index in [2.05, 4.69) is 20.9 Å².